The van der Waals surface area contributed by atoms with E-state index in [2.05, 4.69) is 16.9 Å². The van der Waals surface area contributed by atoms with Crippen molar-refractivity contribution in [3.05, 3.63) is 35.4 Å². The third kappa shape index (κ3) is 3.44. The quantitative estimate of drug-likeness (QED) is 0.810. The van der Waals surface area contributed by atoms with Crippen molar-refractivity contribution in [3.63, 3.8) is 0 Å². The van der Waals surface area contributed by atoms with Crippen molar-refractivity contribution >= 4 is 16.1 Å². The first-order valence-corrected chi connectivity index (χ1v) is 10.2. The molecule has 1 unspecified atom stereocenters. The molecule has 1 N–H and O–H groups in total. The molecule has 1 atom stereocenters. The van der Waals surface area contributed by atoms with Crippen molar-refractivity contribution in [2.24, 2.45) is 0 Å². The maximum absolute atomic E-state index is 12.5. The minimum atomic E-state index is -3.57. The van der Waals surface area contributed by atoms with E-state index >= 15 is 0 Å². The summed E-state index contributed by atoms with van der Waals surface area (Å²) in [7, 11) is -3.57. The Morgan fingerprint density at radius 2 is 1.68 bits per heavy atom. The minimum Gasteiger partial charge on any atom is -0.379 e. The van der Waals surface area contributed by atoms with Gasteiger partial charge in [0.25, 0.3) is 10.2 Å². The second kappa shape index (κ2) is 6.68. The number of morpholine rings is 1. The number of benzene rings is 1. The molecule has 0 radical (unpaired) electrons. The van der Waals surface area contributed by atoms with Crippen molar-refractivity contribution < 1.29 is 17.9 Å². The van der Waals surface area contributed by atoms with E-state index in [-0.39, 0.29) is 24.4 Å². The summed E-state index contributed by atoms with van der Waals surface area (Å²) in [6.07, 6.45) is 1.94. The first kappa shape index (κ1) is 17.0. The number of hydrogen-bond donors (Lipinski definition) is 1. The Labute approximate surface area is 148 Å². The maximum Gasteiger partial charge on any atom is 0.279 e. The number of amides is 1. The third-order valence-electron chi connectivity index (χ3n) is 5.25. The lowest BCUT2D eigenvalue weighted by atomic mass is 10.1. The van der Waals surface area contributed by atoms with Gasteiger partial charge in [0.15, 0.2) is 0 Å². The average molecular weight is 365 g/mol. The Bertz CT molecular complexity index is 736. The molecule has 0 spiro atoms. The highest BCUT2D eigenvalue weighted by Crippen LogP contribution is 2.28. The second-order valence-electron chi connectivity index (χ2n) is 6.91. The first-order valence-electron chi connectivity index (χ1n) is 8.74. The van der Waals surface area contributed by atoms with Crippen molar-refractivity contribution in [3.8, 4) is 0 Å². The molecule has 1 aliphatic carbocycles. The van der Waals surface area contributed by atoms with Crippen LogP contribution in [0.25, 0.3) is 0 Å². The van der Waals surface area contributed by atoms with E-state index in [4.69, 9.17) is 4.74 Å². The van der Waals surface area contributed by atoms with Crippen LogP contribution in [-0.4, -0.2) is 68.5 Å². The molecule has 2 saturated heterocycles. The molecule has 1 amide bonds. The second-order valence-corrected chi connectivity index (χ2v) is 8.61. The van der Waals surface area contributed by atoms with Crippen LogP contribution in [0.2, 0.25) is 0 Å². The highest BCUT2D eigenvalue weighted by molar-refractivity contribution is 7.87. The van der Waals surface area contributed by atoms with Gasteiger partial charge >= 0.3 is 0 Å². The Hall–Kier alpha value is -1.48. The van der Waals surface area contributed by atoms with Crippen molar-refractivity contribution in [2.45, 2.75) is 31.3 Å². The summed E-state index contributed by atoms with van der Waals surface area (Å²) < 4.78 is 34.3. The normalized spacial score (nSPS) is 25.5. The zero-order valence-corrected chi connectivity index (χ0v) is 14.9. The Morgan fingerprint density at radius 1 is 1.04 bits per heavy atom. The summed E-state index contributed by atoms with van der Waals surface area (Å²) in [6.45, 7) is 1.99. The van der Waals surface area contributed by atoms with Crippen LogP contribution in [0.4, 0.5) is 0 Å². The van der Waals surface area contributed by atoms with Gasteiger partial charge in [0.1, 0.15) is 0 Å². The van der Waals surface area contributed by atoms with Crippen LogP contribution >= 0.6 is 0 Å². The molecule has 2 fully saturated rings. The molecular weight excluding hydrogens is 342 g/mol. The van der Waals surface area contributed by atoms with Gasteiger partial charge in [-0.15, -0.1) is 0 Å². The number of fused-ring (bicyclic) bond motifs is 1. The topological polar surface area (TPSA) is 79.0 Å². The molecule has 4 rings (SSSR count). The van der Waals surface area contributed by atoms with Gasteiger partial charge in [0, 0.05) is 38.1 Å². The lowest BCUT2D eigenvalue weighted by Gasteiger charge is -2.28. The molecule has 2 aliphatic heterocycles. The zero-order chi connectivity index (χ0) is 17.4. The Balaban J connectivity index is 1.39. The molecule has 8 heteroatoms. The summed E-state index contributed by atoms with van der Waals surface area (Å²) in [5.74, 6) is 0.0347. The molecule has 1 aromatic carbocycles. The monoisotopic (exact) mass is 365 g/mol. The average Bonchev–Trinajstić information content (AvgIpc) is 3.18. The number of ether oxygens (including phenoxy) is 1. The van der Waals surface area contributed by atoms with Crippen LogP contribution in [0.5, 0.6) is 0 Å². The molecule has 0 bridgehead atoms. The number of rotatable bonds is 4. The number of nitrogens with zero attached hydrogens (tertiary/aromatic N) is 2. The molecule has 136 valence electrons. The van der Waals surface area contributed by atoms with Gasteiger partial charge in [-0.1, -0.05) is 24.3 Å². The highest BCUT2D eigenvalue weighted by Gasteiger charge is 2.39. The van der Waals surface area contributed by atoms with Crippen molar-refractivity contribution in [1.29, 1.82) is 0 Å². The van der Waals surface area contributed by atoms with Gasteiger partial charge in [-0.25, -0.2) is 0 Å². The Morgan fingerprint density at radius 3 is 2.32 bits per heavy atom. The minimum absolute atomic E-state index is 0.0347. The summed E-state index contributed by atoms with van der Waals surface area (Å²) >= 11 is 0. The predicted octanol–water partition coefficient (Wildman–Crippen LogP) is -0.0787. The molecule has 25 heavy (non-hydrogen) atoms. The number of hydrogen-bond acceptors (Lipinski definition) is 4. The van der Waals surface area contributed by atoms with Crippen LogP contribution in [0.3, 0.4) is 0 Å². The van der Waals surface area contributed by atoms with Crippen LogP contribution in [0.15, 0.2) is 24.3 Å². The number of carbonyl (C=O) groups excluding carboxylic acids is 1. The van der Waals surface area contributed by atoms with Gasteiger partial charge in [0.2, 0.25) is 5.91 Å². The van der Waals surface area contributed by atoms with E-state index in [1.807, 2.05) is 17.0 Å². The van der Waals surface area contributed by atoms with Crippen molar-refractivity contribution in [2.75, 3.05) is 32.8 Å². The molecular formula is C17H23N3O4S. The molecule has 3 aliphatic rings. The van der Waals surface area contributed by atoms with Gasteiger partial charge in [-0.3, -0.25) is 4.79 Å². The van der Waals surface area contributed by atoms with Crippen LogP contribution in [0.1, 0.15) is 17.5 Å². The maximum atomic E-state index is 12.5. The van der Waals surface area contributed by atoms with Crippen LogP contribution < -0.4 is 4.72 Å². The lowest BCUT2D eigenvalue weighted by molar-refractivity contribution is -0.129. The first-order chi connectivity index (χ1) is 12.0. The molecule has 2 heterocycles. The molecule has 1 aromatic rings. The largest absolute Gasteiger partial charge is 0.379 e. The van der Waals surface area contributed by atoms with Crippen LogP contribution in [0, 0.1) is 0 Å². The highest BCUT2D eigenvalue weighted by atomic mass is 32.2. The number of likely N-dealkylation sites (tertiary alicyclic amines) is 1. The Kier molecular flexibility index (Phi) is 4.53. The van der Waals surface area contributed by atoms with E-state index in [0.29, 0.717) is 32.8 Å². The van der Waals surface area contributed by atoms with E-state index in [0.717, 1.165) is 12.8 Å². The predicted molar refractivity (Wildman–Crippen MR) is 92.2 cm³/mol. The fourth-order valence-corrected chi connectivity index (χ4v) is 5.35. The molecule has 0 saturated carbocycles. The number of carbonyl (C=O) groups is 1. The number of nitrogens with one attached hydrogen (secondary N) is 1. The third-order valence-corrected chi connectivity index (χ3v) is 6.93. The fourth-order valence-electron chi connectivity index (χ4n) is 3.99. The van der Waals surface area contributed by atoms with Gasteiger partial charge in [-0.05, 0) is 24.0 Å². The van der Waals surface area contributed by atoms with Gasteiger partial charge in [-0.2, -0.15) is 17.4 Å². The van der Waals surface area contributed by atoms with Crippen LogP contribution in [-0.2, 0) is 32.6 Å². The standard InChI is InChI=1S/C17H23N3O4S/c21-17-11-15(18-25(22,23)19-5-7-24-8-6-19)12-20(17)16-9-13-3-1-2-4-14(13)10-16/h1-4,15-16,18H,5-12H2. The van der Waals surface area contributed by atoms with Gasteiger partial charge in [0.05, 0.1) is 13.2 Å². The van der Waals surface area contributed by atoms with Crippen molar-refractivity contribution in [1.82, 2.24) is 13.9 Å². The summed E-state index contributed by atoms with van der Waals surface area (Å²) in [4.78, 5) is 14.3. The molecule has 7 nitrogen and oxygen atoms in total. The van der Waals surface area contributed by atoms with E-state index < -0.39 is 10.2 Å². The molecule has 0 aromatic heterocycles. The summed E-state index contributed by atoms with van der Waals surface area (Å²) in [5.41, 5.74) is 2.58. The summed E-state index contributed by atoms with van der Waals surface area (Å²) in [5, 5.41) is 0. The van der Waals surface area contributed by atoms with E-state index in [1.54, 1.807) is 0 Å². The van der Waals surface area contributed by atoms with E-state index in [1.165, 1.54) is 15.4 Å². The SMILES string of the molecule is O=C1CC(NS(=O)(=O)N2CCOCC2)CN1C1Cc2ccccc2C1. The smallest absolute Gasteiger partial charge is 0.279 e. The zero-order valence-electron chi connectivity index (χ0n) is 14.1. The van der Waals surface area contributed by atoms with Gasteiger partial charge < -0.3 is 9.64 Å². The lowest BCUT2D eigenvalue weighted by Crippen LogP contribution is -2.50. The fraction of sp³-hybridized carbons (Fsp3) is 0.588. The summed E-state index contributed by atoms with van der Waals surface area (Å²) in [6, 6.07) is 8.04. The van der Waals surface area contributed by atoms with E-state index in [9.17, 15) is 13.2 Å².